The largest absolute Gasteiger partial charge is 0.506 e. The Morgan fingerprint density at radius 2 is 1.73 bits per heavy atom. The molecule has 0 saturated heterocycles. The molecule has 8 heteroatoms. The Bertz CT molecular complexity index is 1700. The van der Waals surface area contributed by atoms with E-state index >= 15 is 0 Å². The molecule has 1 heterocycles. The molecule has 0 aliphatic heterocycles. The molecular formula is C33H33N3O5. The zero-order valence-electron chi connectivity index (χ0n) is 22.8. The zero-order valence-corrected chi connectivity index (χ0v) is 22.8. The van der Waals surface area contributed by atoms with Gasteiger partial charge in [0.25, 0.3) is 0 Å². The number of methoxy groups -OCH3 is 1. The van der Waals surface area contributed by atoms with Gasteiger partial charge in [-0.25, -0.2) is 0 Å². The Morgan fingerprint density at radius 1 is 0.927 bits per heavy atom. The second-order valence-electron chi connectivity index (χ2n) is 9.77. The topological polar surface area (TPSA) is 130 Å². The van der Waals surface area contributed by atoms with Crippen LogP contribution in [0.2, 0.25) is 0 Å². The van der Waals surface area contributed by atoms with Gasteiger partial charge in [0, 0.05) is 30.1 Å². The summed E-state index contributed by atoms with van der Waals surface area (Å²) in [7, 11) is 1.65. The van der Waals surface area contributed by atoms with Crippen LogP contribution in [-0.4, -0.2) is 35.4 Å². The average Bonchev–Trinajstić information content (AvgIpc) is 3.00. The highest BCUT2D eigenvalue weighted by molar-refractivity contribution is 5.87. The van der Waals surface area contributed by atoms with Crippen molar-refractivity contribution < 1.29 is 19.7 Å². The number of hydrogen-bond acceptors (Lipinski definition) is 7. The fourth-order valence-electron chi connectivity index (χ4n) is 4.83. The molecule has 0 bridgehead atoms. The number of H-pyrrole nitrogens is 1. The summed E-state index contributed by atoms with van der Waals surface area (Å²) in [5.41, 5.74) is 10.6. The number of aromatic amines is 1. The van der Waals surface area contributed by atoms with E-state index in [1.165, 1.54) is 12.1 Å². The van der Waals surface area contributed by atoms with Crippen LogP contribution < -0.4 is 26.1 Å². The molecule has 0 aliphatic rings. The van der Waals surface area contributed by atoms with E-state index in [1.54, 1.807) is 19.2 Å². The van der Waals surface area contributed by atoms with Gasteiger partial charge < -0.3 is 35.7 Å². The molecule has 0 saturated carbocycles. The molecular weight excluding hydrogens is 518 g/mol. The number of nitrogens with one attached hydrogen (secondary N) is 2. The number of aromatic hydroxyl groups is 1. The van der Waals surface area contributed by atoms with Crippen LogP contribution >= 0.6 is 0 Å². The number of pyridine rings is 1. The van der Waals surface area contributed by atoms with Gasteiger partial charge in [0.15, 0.2) is 0 Å². The van der Waals surface area contributed by atoms with Crippen LogP contribution in [0.5, 0.6) is 23.0 Å². The summed E-state index contributed by atoms with van der Waals surface area (Å²) >= 11 is 0. The van der Waals surface area contributed by atoms with Crippen molar-refractivity contribution in [3.8, 4) is 34.1 Å². The molecule has 41 heavy (non-hydrogen) atoms. The highest BCUT2D eigenvalue weighted by Crippen LogP contribution is 2.35. The minimum absolute atomic E-state index is 0.0289. The first-order valence-corrected chi connectivity index (χ1v) is 13.4. The minimum Gasteiger partial charge on any atom is -0.506 e. The first-order valence-electron chi connectivity index (χ1n) is 13.4. The SMILES string of the molecule is COc1ccc(Oc2ccc(CCNCC(O)c3ccc(O)c4[nH]c(=O)ccc34)cc2)cc1-c1cccc(CN)c1. The van der Waals surface area contributed by atoms with Gasteiger partial charge in [0.2, 0.25) is 5.56 Å². The highest BCUT2D eigenvalue weighted by atomic mass is 16.5. The Kier molecular flexibility index (Phi) is 8.64. The van der Waals surface area contributed by atoms with Crippen LogP contribution in [0, 0.1) is 0 Å². The molecule has 5 aromatic rings. The van der Waals surface area contributed by atoms with Crippen LogP contribution in [0.1, 0.15) is 22.8 Å². The quantitative estimate of drug-likeness (QED) is 0.146. The number of hydrogen-bond donors (Lipinski definition) is 5. The number of aromatic nitrogens is 1. The van der Waals surface area contributed by atoms with Crippen LogP contribution in [0.4, 0.5) is 0 Å². The number of nitrogens with two attached hydrogens (primary N) is 1. The Hall–Kier alpha value is -4.63. The summed E-state index contributed by atoms with van der Waals surface area (Å²) in [5.74, 6) is 2.15. The van der Waals surface area contributed by atoms with E-state index in [2.05, 4.69) is 16.4 Å². The lowest BCUT2D eigenvalue weighted by Gasteiger charge is -2.15. The number of phenols is 1. The number of aliphatic hydroxyl groups is 1. The fraction of sp³-hybridized carbons (Fsp3) is 0.182. The standard InChI is InChI=1S/C33H33N3O5/c1-40-31-13-9-25(18-28(31)23-4-2-3-22(17-23)19-34)41-24-7-5-21(6-8-24)15-16-35-20-30(38)26-10-12-29(37)33-27(26)11-14-32(39)36-33/h2-14,17-18,30,35,37-38H,15-16,19-20,34H2,1H3,(H,36,39). The van der Waals surface area contributed by atoms with Crippen molar-refractivity contribution in [3.63, 3.8) is 0 Å². The normalized spacial score (nSPS) is 11.9. The van der Waals surface area contributed by atoms with E-state index in [9.17, 15) is 15.0 Å². The van der Waals surface area contributed by atoms with E-state index in [0.29, 0.717) is 41.9 Å². The summed E-state index contributed by atoms with van der Waals surface area (Å²) in [5, 5.41) is 24.7. The molecule has 4 aromatic carbocycles. The lowest BCUT2D eigenvalue weighted by Crippen LogP contribution is -2.24. The fourth-order valence-corrected chi connectivity index (χ4v) is 4.83. The summed E-state index contributed by atoms with van der Waals surface area (Å²) in [4.78, 5) is 14.3. The van der Waals surface area contributed by atoms with E-state index in [0.717, 1.165) is 40.2 Å². The van der Waals surface area contributed by atoms with Crippen molar-refractivity contribution in [1.82, 2.24) is 10.3 Å². The Morgan fingerprint density at radius 3 is 2.51 bits per heavy atom. The molecule has 1 unspecified atom stereocenters. The summed E-state index contributed by atoms with van der Waals surface area (Å²) in [6.07, 6.45) is -0.0344. The molecule has 1 atom stereocenters. The lowest BCUT2D eigenvalue weighted by atomic mass is 10.0. The summed E-state index contributed by atoms with van der Waals surface area (Å²) in [6.45, 7) is 1.45. The van der Waals surface area contributed by atoms with Gasteiger partial charge >= 0.3 is 0 Å². The molecule has 0 fully saturated rings. The van der Waals surface area contributed by atoms with Crippen molar-refractivity contribution >= 4 is 10.9 Å². The van der Waals surface area contributed by atoms with E-state index in [1.807, 2.05) is 60.7 Å². The maximum atomic E-state index is 11.6. The molecule has 0 aliphatic carbocycles. The van der Waals surface area contributed by atoms with Crippen LogP contribution in [0.25, 0.3) is 22.0 Å². The van der Waals surface area contributed by atoms with Gasteiger partial charge in [-0.15, -0.1) is 0 Å². The van der Waals surface area contributed by atoms with Gasteiger partial charge in [-0.1, -0.05) is 36.4 Å². The maximum Gasteiger partial charge on any atom is 0.248 e. The van der Waals surface area contributed by atoms with E-state index < -0.39 is 6.10 Å². The lowest BCUT2D eigenvalue weighted by molar-refractivity contribution is 0.176. The second kappa shape index (κ2) is 12.7. The van der Waals surface area contributed by atoms with Crippen LogP contribution in [0.15, 0.2) is 95.8 Å². The third kappa shape index (κ3) is 6.58. The average molecular weight is 552 g/mol. The third-order valence-corrected chi connectivity index (χ3v) is 7.00. The third-order valence-electron chi connectivity index (χ3n) is 7.00. The smallest absolute Gasteiger partial charge is 0.248 e. The Balaban J connectivity index is 1.17. The van der Waals surface area contributed by atoms with Crippen molar-refractivity contribution in [2.45, 2.75) is 19.1 Å². The van der Waals surface area contributed by atoms with Gasteiger partial charge in [0.1, 0.15) is 23.0 Å². The molecule has 1 aromatic heterocycles. The van der Waals surface area contributed by atoms with Crippen LogP contribution in [-0.2, 0) is 13.0 Å². The molecule has 0 spiro atoms. The predicted octanol–water partition coefficient (Wildman–Crippen LogP) is 5.03. The first-order chi connectivity index (χ1) is 19.9. The summed E-state index contributed by atoms with van der Waals surface area (Å²) < 4.78 is 11.7. The molecule has 0 amide bonds. The predicted molar refractivity (Wildman–Crippen MR) is 161 cm³/mol. The second-order valence-corrected chi connectivity index (χ2v) is 9.77. The molecule has 8 nitrogen and oxygen atoms in total. The summed E-state index contributed by atoms with van der Waals surface area (Å²) in [6, 6.07) is 27.9. The molecule has 210 valence electrons. The molecule has 5 rings (SSSR count). The zero-order chi connectivity index (χ0) is 28.8. The van der Waals surface area contributed by atoms with Crippen molar-refractivity contribution in [3.05, 3.63) is 118 Å². The van der Waals surface area contributed by atoms with Crippen molar-refractivity contribution in [2.24, 2.45) is 5.73 Å². The number of fused-ring (bicyclic) bond motifs is 1. The van der Waals surface area contributed by atoms with Crippen molar-refractivity contribution in [2.75, 3.05) is 20.2 Å². The molecule has 6 N–H and O–H groups in total. The van der Waals surface area contributed by atoms with Gasteiger partial charge in [-0.05, 0) is 83.8 Å². The van der Waals surface area contributed by atoms with Gasteiger partial charge in [0.05, 0.1) is 18.7 Å². The highest BCUT2D eigenvalue weighted by Gasteiger charge is 2.14. The first kappa shape index (κ1) is 27.9. The number of ether oxygens (including phenoxy) is 2. The Labute approximate surface area is 238 Å². The van der Waals surface area contributed by atoms with Gasteiger partial charge in [-0.3, -0.25) is 4.79 Å². The number of benzene rings is 4. The van der Waals surface area contributed by atoms with E-state index in [-0.39, 0.29) is 11.3 Å². The molecule has 0 radical (unpaired) electrons. The monoisotopic (exact) mass is 551 g/mol. The number of rotatable bonds is 11. The maximum absolute atomic E-state index is 11.6. The minimum atomic E-state index is -0.799. The number of aliphatic hydroxyl groups excluding tert-OH is 1. The van der Waals surface area contributed by atoms with E-state index in [4.69, 9.17) is 15.2 Å². The van der Waals surface area contributed by atoms with Crippen LogP contribution in [0.3, 0.4) is 0 Å². The number of phenolic OH excluding ortho intramolecular Hbond substituents is 1. The van der Waals surface area contributed by atoms with Crippen molar-refractivity contribution in [1.29, 1.82) is 0 Å². The van der Waals surface area contributed by atoms with Gasteiger partial charge in [-0.2, -0.15) is 0 Å².